The van der Waals surface area contributed by atoms with E-state index in [9.17, 15) is 4.79 Å². The number of fused-ring (bicyclic) bond motifs is 1. The summed E-state index contributed by atoms with van der Waals surface area (Å²) in [6.45, 7) is 4.87. The summed E-state index contributed by atoms with van der Waals surface area (Å²) in [7, 11) is 0. The average Bonchev–Trinajstić information content (AvgIpc) is 3.35. The highest BCUT2D eigenvalue weighted by Crippen LogP contribution is 2.34. The lowest BCUT2D eigenvalue weighted by atomic mass is 9.97. The number of carbonyl (C=O) groups is 1. The van der Waals surface area contributed by atoms with E-state index in [0.717, 1.165) is 50.3 Å². The van der Waals surface area contributed by atoms with E-state index in [2.05, 4.69) is 28.0 Å². The number of hydrogen-bond acceptors (Lipinski definition) is 4. The number of anilines is 1. The van der Waals surface area contributed by atoms with Crippen LogP contribution in [0.4, 0.5) is 10.5 Å². The van der Waals surface area contributed by atoms with Crippen LogP contribution < -0.4 is 14.8 Å². The van der Waals surface area contributed by atoms with Crippen molar-refractivity contribution >= 4 is 11.7 Å². The number of aryl methyl sites for hydroxylation is 1. The Morgan fingerprint density at radius 1 is 1.33 bits per heavy atom. The maximum Gasteiger partial charge on any atom is 0.321 e. The zero-order valence-electron chi connectivity index (χ0n) is 15.7. The van der Waals surface area contributed by atoms with Gasteiger partial charge in [0.25, 0.3) is 0 Å². The lowest BCUT2D eigenvalue weighted by Crippen LogP contribution is -2.42. The van der Waals surface area contributed by atoms with E-state index in [1.54, 1.807) is 6.07 Å². The van der Waals surface area contributed by atoms with Gasteiger partial charge in [0.05, 0.1) is 0 Å². The summed E-state index contributed by atoms with van der Waals surface area (Å²) in [4.78, 5) is 19.2. The molecular weight excluding hydrogens is 344 g/mol. The van der Waals surface area contributed by atoms with Crippen LogP contribution in [0.2, 0.25) is 0 Å². The Kier molecular flexibility index (Phi) is 5.18. The Morgan fingerprint density at radius 3 is 3.11 bits per heavy atom. The monoisotopic (exact) mass is 370 g/mol. The number of hydrogen-bond donors (Lipinski definition) is 1. The molecular formula is C20H26N4O3. The molecule has 3 heterocycles. The molecule has 7 heteroatoms. The highest BCUT2D eigenvalue weighted by Gasteiger charge is 2.27. The number of nitrogens with one attached hydrogen (secondary N) is 1. The first-order chi connectivity index (χ1) is 13.2. The fourth-order valence-corrected chi connectivity index (χ4v) is 3.75. The van der Waals surface area contributed by atoms with Crippen LogP contribution in [0, 0.1) is 0 Å². The second-order valence-electron chi connectivity index (χ2n) is 7.12. The van der Waals surface area contributed by atoms with Crippen molar-refractivity contribution in [3.05, 3.63) is 36.4 Å². The molecule has 0 spiro atoms. The van der Waals surface area contributed by atoms with E-state index in [1.807, 2.05) is 23.2 Å². The minimum absolute atomic E-state index is 0.0785. The van der Waals surface area contributed by atoms with Crippen LogP contribution in [0.25, 0.3) is 0 Å². The van der Waals surface area contributed by atoms with Crippen molar-refractivity contribution in [1.82, 2.24) is 14.5 Å². The van der Waals surface area contributed by atoms with E-state index in [4.69, 9.17) is 9.47 Å². The van der Waals surface area contributed by atoms with Gasteiger partial charge in [-0.25, -0.2) is 9.78 Å². The number of rotatable bonds is 5. The number of nitrogens with zero attached hydrogens (tertiary/aromatic N) is 3. The molecule has 4 rings (SSSR count). The van der Waals surface area contributed by atoms with Crippen molar-refractivity contribution in [3.8, 4) is 11.5 Å². The Bertz CT molecular complexity index is 804. The Labute approximate surface area is 159 Å². The molecule has 0 bridgehead atoms. The van der Waals surface area contributed by atoms with E-state index >= 15 is 0 Å². The maximum atomic E-state index is 12.8. The van der Waals surface area contributed by atoms with Crippen LogP contribution in [0.3, 0.4) is 0 Å². The summed E-state index contributed by atoms with van der Waals surface area (Å²) in [5.41, 5.74) is 0.718. The first-order valence-electron chi connectivity index (χ1n) is 9.71. The minimum Gasteiger partial charge on any atom is -0.454 e. The lowest BCUT2D eigenvalue weighted by Gasteiger charge is -2.32. The summed E-state index contributed by atoms with van der Waals surface area (Å²) in [6, 6.07) is 5.38. The zero-order chi connectivity index (χ0) is 18.6. The predicted molar refractivity (Wildman–Crippen MR) is 102 cm³/mol. The highest BCUT2D eigenvalue weighted by atomic mass is 16.7. The lowest BCUT2D eigenvalue weighted by molar-refractivity contribution is 0.174. The van der Waals surface area contributed by atoms with Gasteiger partial charge >= 0.3 is 6.03 Å². The molecule has 7 nitrogen and oxygen atoms in total. The van der Waals surface area contributed by atoms with Gasteiger partial charge in [-0.1, -0.05) is 13.3 Å². The molecule has 1 fully saturated rings. The van der Waals surface area contributed by atoms with Crippen LogP contribution in [-0.4, -0.2) is 40.4 Å². The molecule has 27 heavy (non-hydrogen) atoms. The summed E-state index contributed by atoms with van der Waals surface area (Å²) in [5, 5.41) is 2.98. The van der Waals surface area contributed by atoms with Crippen LogP contribution in [0.5, 0.6) is 11.5 Å². The fourth-order valence-electron chi connectivity index (χ4n) is 3.75. The van der Waals surface area contributed by atoms with Gasteiger partial charge in [-0.3, -0.25) is 0 Å². The molecule has 144 valence electrons. The quantitative estimate of drug-likeness (QED) is 0.869. The number of ether oxygens (including phenoxy) is 2. The largest absolute Gasteiger partial charge is 0.454 e. The van der Waals surface area contributed by atoms with Crippen molar-refractivity contribution in [3.63, 3.8) is 0 Å². The number of piperidine rings is 1. The molecule has 2 amide bonds. The standard InChI is InChI=1S/C20H26N4O3/c1-2-3-9-23-11-8-21-19(23)15-5-4-10-24(13-15)20(25)22-16-6-7-17-18(12-16)27-14-26-17/h6-8,11-12,15H,2-5,9-10,13-14H2,1H3,(H,22,25)/t15-/m1/s1. The van der Waals surface area contributed by atoms with Gasteiger partial charge in [-0.2, -0.15) is 0 Å². The number of aromatic nitrogens is 2. The Hall–Kier alpha value is -2.70. The van der Waals surface area contributed by atoms with E-state index in [1.165, 1.54) is 0 Å². The number of carbonyl (C=O) groups excluding carboxylic acids is 1. The highest BCUT2D eigenvalue weighted by molar-refractivity contribution is 5.89. The molecule has 2 aliphatic rings. The van der Waals surface area contributed by atoms with E-state index < -0.39 is 0 Å². The van der Waals surface area contributed by atoms with Crippen molar-refractivity contribution in [2.45, 2.75) is 45.1 Å². The molecule has 1 N–H and O–H groups in total. The summed E-state index contributed by atoms with van der Waals surface area (Å²) in [5.74, 6) is 2.77. The van der Waals surface area contributed by atoms with Gasteiger partial charge in [-0.15, -0.1) is 0 Å². The van der Waals surface area contributed by atoms with Gasteiger partial charge in [0, 0.05) is 49.7 Å². The molecule has 2 aromatic rings. The zero-order valence-corrected chi connectivity index (χ0v) is 15.7. The van der Waals surface area contributed by atoms with E-state index in [0.29, 0.717) is 18.0 Å². The molecule has 0 saturated carbocycles. The second kappa shape index (κ2) is 7.90. The average molecular weight is 370 g/mol. The maximum absolute atomic E-state index is 12.8. The molecule has 1 aromatic heterocycles. The number of urea groups is 1. The van der Waals surface area contributed by atoms with Crippen LogP contribution in [-0.2, 0) is 6.54 Å². The van der Waals surface area contributed by atoms with Gasteiger partial charge < -0.3 is 24.3 Å². The minimum atomic E-state index is -0.0785. The molecule has 2 aliphatic heterocycles. The topological polar surface area (TPSA) is 68.6 Å². The third kappa shape index (κ3) is 3.86. The summed E-state index contributed by atoms with van der Waals surface area (Å²) >= 11 is 0. The molecule has 0 aliphatic carbocycles. The number of likely N-dealkylation sites (tertiary alicyclic amines) is 1. The Balaban J connectivity index is 1.40. The fraction of sp³-hybridized carbons (Fsp3) is 0.500. The Morgan fingerprint density at radius 2 is 2.22 bits per heavy atom. The normalized spacial score (nSPS) is 18.6. The van der Waals surface area contributed by atoms with Gasteiger partial charge in [0.2, 0.25) is 6.79 Å². The number of benzene rings is 1. The van der Waals surface area contributed by atoms with Crippen LogP contribution in [0.1, 0.15) is 44.3 Å². The molecule has 1 atom stereocenters. The molecule has 0 radical (unpaired) electrons. The van der Waals surface area contributed by atoms with Crippen LogP contribution >= 0.6 is 0 Å². The summed E-state index contributed by atoms with van der Waals surface area (Å²) < 4.78 is 12.9. The van der Waals surface area contributed by atoms with Crippen molar-refractivity contribution in [1.29, 1.82) is 0 Å². The van der Waals surface area contributed by atoms with Gasteiger partial charge in [0.15, 0.2) is 11.5 Å². The molecule has 1 aromatic carbocycles. The first kappa shape index (κ1) is 17.7. The number of unbranched alkanes of at least 4 members (excludes halogenated alkanes) is 1. The molecule has 0 unspecified atom stereocenters. The first-order valence-corrected chi connectivity index (χ1v) is 9.71. The summed E-state index contributed by atoms with van der Waals surface area (Å²) in [6.07, 6.45) is 8.28. The van der Waals surface area contributed by atoms with Gasteiger partial charge in [0.1, 0.15) is 5.82 Å². The van der Waals surface area contributed by atoms with E-state index in [-0.39, 0.29) is 18.7 Å². The smallest absolute Gasteiger partial charge is 0.321 e. The predicted octanol–water partition coefficient (Wildman–Crippen LogP) is 3.82. The second-order valence-corrected chi connectivity index (χ2v) is 7.12. The number of amides is 2. The third-order valence-corrected chi connectivity index (χ3v) is 5.20. The SMILES string of the molecule is CCCCn1ccnc1[C@@H]1CCCN(C(=O)Nc2ccc3c(c2)OCO3)C1. The van der Waals surface area contributed by atoms with Crippen LogP contribution in [0.15, 0.2) is 30.6 Å². The van der Waals surface area contributed by atoms with Gasteiger partial charge in [-0.05, 0) is 31.4 Å². The van der Waals surface area contributed by atoms with Crippen molar-refractivity contribution in [2.75, 3.05) is 25.2 Å². The van der Waals surface area contributed by atoms with Crippen molar-refractivity contribution < 1.29 is 14.3 Å². The van der Waals surface area contributed by atoms with Crippen molar-refractivity contribution in [2.24, 2.45) is 0 Å². The number of imidazole rings is 1. The molecule has 1 saturated heterocycles. The third-order valence-electron chi connectivity index (χ3n) is 5.20.